The van der Waals surface area contributed by atoms with E-state index < -0.39 is 0 Å². The third-order valence-electron chi connectivity index (χ3n) is 3.32. The first-order chi connectivity index (χ1) is 8.42. The zero-order valence-electron chi connectivity index (χ0n) is 10.3. The fourth-order valence-corrected chi connectivity index (χ4v) is 2.41. The normalized spacial score (nSPS) is 11.9. The lowest BCUT2D eigenvalue weighted by Gasteiger charge is -2.02. The second kappa shape index (κ2) is 3.89. The van der Waals surface area contributed by atoms with Crippen molar-refractivity contribution in [2.75, 3.05) is 0 Å². The van der Waals surface area contributed by atoms with E-state index in [4.69, 9.17) is 0 Å². The third-order valence-corrected chi connectivity index (χ3v) is 3.32. The minimum atomic E-state index is 1.20. The van der Waals surface area contributed by atoms with Crippen LogP contribution in [0.2, 0.25) is 0 Å². The van der Waals surface area contributed by atoms with Crippen molar-refractivity contribution < 1.29 is 0 Å². The first-order valence-electron chi connectivity index (χ1n) is 6.35. The van der Waals surface area contributed by atoms with Crippen LogP contribution in [0.25, 0.3) is 21.5 Å². The summed E-state index contributed by atoms with van der Waals surface area (Å²) >= 11 is 0. The SMILES string of the molecule is CC.c1ccc2c(c1)ccc1cc3c(cc12)C3. The molecule has 0 atom stereocenters. The first kappa shape index (κ1) is 10.3. The molecule has 0 heteroatoms. The fraction of sp³-hybridized carbons (Fsp3) is 0.176. The first-order valence-corrected chi connectivity index (χ1v) is 6.35. The molecule has 0 aromatic heterocycles. The van der Waals surface area contributed by atoms with Crippen molar-refractivity contribution in [3.63, 3.8) is 0 Å². The summed E-state index contributed by atoms with van der Waals surface area (Å²) in [6, 6.07) is 17.7. The summed E-state index contributed by atoms with van der Waals surface area (Å²) < 4.78 is 0. The van der Waals surface area contributed by atoms with E-state index in [1.807, 2.05) is 13.8 Å². The van der Waals surface area contributed by atoms with Gasteiger partial charge in [-0.3, -0.25) is 0 Å². The topological polar surface area (TPSA) is 0 Å². The van der Waals surface area contributed by atoms with Crippen molar-refractivity contribution in [3.8, 4) is 0 Å². The second-order valence-electron chi connectivity index (χ2n) is 4.31. The van der Waals surface area contributed by atoms with Gasteiger partial charge in [-0.15, -0.1) is 0 Å². The van der Waals surface area contributed by atoms with Crippen LogP contribution in [0.15, 0.2) is 48.5 Å². The van der Waals surface area contributed by atoms with Crippen LogP contribution >= 0.6 is 0 Å². The Balaban J connectivity index is 0.000000431. The van der Waals surface area contributed by atoms with Crippen LogP contribution in [0.5, 0.6) is 0 Å². The highest BCUT2D eigenvalue weighted by atomic mass is 14.2. The molecular formula is C17H16. The Hall–Kier alpha value is -1.82. The Morgan fingerprint density at radius 3 is 2.29 bits per heavy atom. The predicted molar refractivity (Wildman–Crippen MR) is 75.6 cm³/mol. The van der Waals surface area contributed by atoms with Gasteiger partial charge in [0.2, 0.25) is 0 Å². The van der Waals surface area contributed by atoms with Crippen LogP contribution in [-0.4, -0.2) is 0 Å². The summed E-state index contributed by atoms with van der Waals surface area (Å²) in [5.41, 5.74) is 3.05. The smallest absolute Gasteiger partial charge is 0.00196 e. The van der Waals surface area contributed by atoms with Crippen LogP contribution in [0.3, 0.4) is 0 Å². The van der Waals surface area contributed by atoms with Crippen LogP contribution < -0.4 is 0 Å². The van der Waals surface area contributed by atoms with Crippen molar-refractivity contribution in [2.24, 2.45) is 0 Å². The molecular weight excluding hydrogens is 204 g/mol. The number of fused-ring (bicyclic) bond motifs is 4. The average Bonchev–Trinajstić information content (AvgIpc) is 3.16. The molecule has 84 valence electrons. The summed E-state index contributed by atoms with van der Waals surface area (Å²) in [4.78, 5) is 0. The summed E-state index contributed by atoms with van der Waals surface area (Å²) in [7, 11) is 0. The van der Waals surface area contributed by atoms with Gasteiger partial charge in [-0.1, -0.05) is 56.3 Å². The van der Waals surface area contributed by atoms with Gasteiger partial charge in [0.1, 0.15) is 0 Å². The van der Waals surface area contributed by atoms with E-state index in [1.54, 1.807) is 0 Å². The van der Waals surface area contributed by atoms with Gasteiger partial charge < -0.3 is 0 Å². The van der Waals surface area contributed by atoms with Gasteiger partial charge in [0.15, 0.2) is 0 Å². The molecule has 0 aliphatic heterocycles. The minimum absolute atomic E-state index is 1.20. The Labute approximate surface area is 102 Å². The van der Waals surface area contributed by atoms with Gasteiger partial charge in [-0.05, 0) is 45.2 Å². The molecule has 0 fully saturated rings. The summed E-state index contributed by atoms with van der Waals surface area (Å²) in [6.45, 7) is 4.00. The van der Waals surface area contributed by atoms with Gasteiger partial charge in [-0.25, -0.2) is 0 Å². The Morgan fingerprint density at radius 2 is 1.41 bits per heavy atom. The highest BCUT2D eigenvalue weighted by Gasteiger charge is 2.17. The average molecular weight is 220 g/mol. The molecule has 0 saturated carbocycles. The van der Waals surface area contributed by atoms with Crippen molar-refractivity contribution in [3.05, 3.63) is 59.7 Å². The predicted octanol–water partition coefficient (Wildman–Crippen LogP) is 4.92. The molecule has 3 aromatic rings. The van der Waals surface area contributed by atoms with Gasteiger partial charge in [-0.2, -0.15) is 0 Å². The molecule has 0 heterocycles. The highest BCUT2D eigenvalue weighted by molar-refractivity contribution is 6.08. The molecule has 0 radical (unpaired) electrons. The van der Waals surface area contributed by atoms with Crippen molar-refractivity contribution in [1.29, 1.82) is 0 Å². The zero-order chi connectivity index (χ0) is 11.8. The fourth-order valence-electron chi connectivity index (χ4n) is 2.41. The lowest BCUT2D eigenvalue weighted by Crippen LogP contribution is -1.75. The van der Waals surface area contributed by atoms with Crippen LogP contribution in [-0.2, 0) is 6.42 Å². The Bertz CT molecular complexity index is 693. The Morgan fingerprint density at radius 1 is 0.706 bits per heavy atom. The number of hydrogen-bond donors (Lipinski definition) is 0. The molecule has 0 unspecified atom stereocenters. The van der Waals surface area contributed by atoms with E-state index in [0.717, 1.165) is 0 Å². The molecule has 4 rings (SSSR count). The molecule has 0 nitrogen and oxygen atoms in total. The summed E-state index contributed by atoms with van der Waals surface area (Å²) in [5.74, 6) is 0. The van der Waals surface area contributed by atoms with Crippen LogP contribution in [0.4, 0.5) is 0 Å². The second-order valence-corrected chi connectivity index (χ2v) is 4.31. The largest absolute Gasteiger partial charge is 0.0683 e. The van der Waals surface area contributed by atoms with E-state index >= 15 is 0 Å². The number of benzene rings is 3. The minimum Gasteiger partial charge on any atom is -0.0683 e. The molecule has 0 amide bonds. The van der Waals surface area contributed by atoms with E-state index in [2.05, 4.69) is 48.5 Å². The van der Waals surface area contributed by atoms with Crippen LogP contribution in [0, 0.1) is 0 Å². The number of hydrogen-bond acceptors (Lipinski definition) is 0. The van der Waals surface area contributed by atoms with Gasteiger partial charge in [0.25, 0.3) is 0 Å². The van der Waals surface area contributed by atoms with E-state index in [1.165, 1.54) is 39.1 Å². The summed E-state index contributed by atoms with van der Waals surface area (Å²) in [5, 5.41) is 5.50. The summed E-state index contributed by atoms with van der Waals surface area (Å²) in [6.07, 6.45) is 1.20. The van der Waals surface area contributed by atoms with Crippen LogP contribution in [0.1, 0.15) is 25.0 Å². The van der Waals surface area contributed by atoms with Crippen molar-refractivity contribution >= 4 is 21.5 Å². The van der Waals surface area contributed by atoms with Gasteiger partial charge in [0.05, 0.1) is 0 Å². The molecule has 3 aromatic carbocycles. The van der Waals surface area contributed by atoms with E-state index in [9.17, 15) is 0 Å². The number of rotatable bonds is 0. The molecule has 0 spiro atoms. The molecule has 0 bridgehead atoms. The Kier molecular flexibility index (Phi) is 2.36. The quantitative estimate of drug-likeness (QED) is 0.369. The highest BCUT2D eigenvalue weighted by Crippen LogP contribution is 2.35. The zero-order valence-corrected chi connectivity index (χ0v) is 10.3. The monoisotopic (exact) mass is 220 g/mol. The maximum absolute atomic E-state index is 2.35. The lowest BCUT2D eigenvalue weighted by molar-refractivity contribution is 1.50. The van der Waals surface area contributed by atoms with Crippen molar-refractivity contribution in [1.82, 2.24) is 0 Å². The maximum Gasteiger partial charge on any atom is -0.00196 e. The van der Waals surface area contributed by atoms with Crippen molar-refractivity contribution in [2.45, 2.75) is 20.3 Å². The molecule has 17 heavy (non-hydrogen) atoms. The van der Waals surface area contributed by atoms with E-state index in [0.29, 0.717) is 0 Å². The molecule has 0 N–H and O–H groups in total. The molecule has 1 aliphatic carbocycles. The van der Waals surface area contributed by atoms with Gasteiger partial charge in [0, 0.05) is 0 Å². The van der Waals surface area contributed by atoms with E-state index in [-0.39, 0.29) is 0 Å². The standard InChI is InChI=1S/C15H10.C2H6/c1-2-4-14-10(3-1)5-6-11-7-12-8-13(12)9-15(11)14;1-2/h1-7,9H,8H2;1-2H3. The molecule has 1 aliphatic rings. The maximum atomic E-state index is 2.35. The lowest BCUT2D eigenvalue weighted by atomic mass is 10.0. The third kappa shape index (κ3) is 1.61. The van der Waals surface area contributed by atoms with Gasteiger partial charge >= 0.3 is 0 Å². The molecule has 0 saturated heterocycles.